The first kappa shape index (κ1) is 18.4. The van der Waals surface area contributed by atoms with E-state index in [4.69, 9.17) is 5.73 Å². The Balaban J connectivity index is 1.74. The Morgan fingerprint density at radius 3 is 2.86 bits per heavy atom. The predicted octanol–water partition coefficient (Wildman–Crippen LogP) is 3.37. The second kappa shape index (κ2) is 7.20. The first-order chi connectivity index (χ1) is 13.4. The van der Waals surface area contributed by atoms with E-state index in [1.165, 1.54) is 6.07 Å². The monoisotopic (exact) mass is 378 g/mol. The number of hydrogen-bond acceptors (Lipinski definition) is 4. The summed E-state index contributed by atoms with van der Waals surface area (Å²) in [5, 5.41) is 4.53. The van der Waals surface area contributed by atoms with E-state index < -0.39 is 0 Å². The minimum atomic E-state index is -0.272. The smallest absolute Gasteiger partial charge is 0.255 e. The summed E-state index contributed by atoms with van der Waals surface area (Å²) in [6, 6.07) is 10.6. The Bertz CT molecular complexity index is 1050. The number of pyridine rings is 1. The van der Waals surface area contributed by atoms with Gasteiger partial charge in [-0.05, 0) is 55.6 Å². The molecule has 1 aliphatic rings. The van der Waals surface area contributed by atoms with Gasteiger partial charge in [0.25, 0.3) is 5.91 Å². The Labute approximate surface area is 163 Å². The van der Waals surface area contributed by atoms with Gasteiger partial charge in [-0.2, -0.15) is 0 Å². The average molecular weight is 378 g/mol. The number of amides is 1. The first-order valence-electron chi connectivity index (χ1n) is 9.37. The van der Waals surface area contributed by atoms with Gasteiger partial charge in [0.15, 0.2) is 0 Å². The van der Waals surface area contributed by atoms with E-state index in [9.17, 15) is 9.18 Å². The summed E-state index contributed by atoms with van der Waals surface area (Å²) >= 11 is 0. The molecular weight excluding hydrogens is 355 g/mol. The van der Waals surface area contributed by atoms with Crippen LogP contribution in [0.1, 0.15) is 22.3 Å². The number of likely N-dealkylation sites (N-methyl/N-ethyl adjacent to an activating group) is 1. The van der Waals surface area contributed by atoms with Crippen molar-refractivity contribution in [2.24, 2.45) is 0 Å². The number of aromatic nitrogens is 1. The van der Waals surface area contributed by atoms with E-state index >= 15 is 0 Å². The molecule has 1 saturated heterocycles. The molecule has 144 valence electrons. The molecule has 0 saturated carbocycles. The van der Waals surface area contributed by atoms with Gasteiger partial charge in [-0.25, -0.2) is 9.37 Å². The minimum absolute atomic E-state index is 0.104. The molecular formula is C22H23FN4O. The highest BCUT2D eigenvalue weighted by Crippen LogP contribution is 2.31. The van der Waals surface area contributed by atoms with Gasteiger partial charge in [0.05, 0.1) is 5.56 Å². The van der Waals surface area contributed by atoms with Crippen molar-refractivity contribution in [3.8, 4) is 11.1 Å². The fraction of sp³-hybridized carbons (Fsp3) is 0.273. The quantitative estimate of drug-likeness (QED) is 0.733. The molecule has 0 aliphatic carbocycles. The Hall–Kier alpha value is -2.99. The highest BCUT2D eigenvalue weighted by Gasteiger charge is 2.24. The van der Waals surface area contributed by atoms with Crippen molar-refractivity contribution in [3.63, 3.8) is 0 Å². The largest absolute Gasteiger partial charge is 0.383 e. The van der Waals surface area contributed by atoms with Crippen molar-refractivity contribution < 1.29 is 9.18 Å². The normalized spacial score (nSPS) is 17.2. The van der Waals surface area contributed by atoms with E-state index in [0.717, 1.165) is 36.0 Å². The van der Waals surface area contributed by atoms with E-state index in [-0.39, 0.29) is 23.6 Å². The lowest BCUT2D eigenvalue weighted by Crippen LogP contribution is -2.37. The van der Waals surface area contributed by atoms with Crippen LogP contribution in [-0.4, -0.2) is 42.0 Å². The average Bonchev–Trinajstić information content (AvgIpc) is 3.06. The highest BCUT2D eigenvalue weighted by atomic mass is 19.1. The van der Waals surface area contributed by atoms with Gasteiger partial charge in [-0.1, -0.05) is 24.3 Å². The molecule has 0 unspecified atom stereocenters. The van der Waals surface area contributed by atoms with Gasteiger partial charge in [-0.3, -0.25) is 4.79 Å². The number of nitrogens with two attached hydrogens (primary N) is 1. The van der Waals surface area contributed by atoms with Crippen molar-refractivity contribution in [2.45, 2.75) is 19.4 Å². The molecule has 3 aromatic rings. The zero-order valence-corrected chi connectivity index (χ0v) is 16.0. The fourth-order valence-electron chi connectivity index (χ4n) is 3.94. The number of aryl methyl sites for hydroxylation is 1. The molecule has 28 heavy (non-hydrogen) atoms. The number of nitrogens with zero attached hydrogens (tertiary/aromatic N) is 2. The summed E-state index contributed by atoms with van der Waals surface area (Å²) in [6.45, 7) is 3.65. The number of halogens is 1. The third kappa shape index (κ3) is 3.31. The van der Waals surface area contributed by atoms with Crippen LogP contribution in [0.4, 0.5) is 10.2 Å². The molecule has 2 heterocycles. The number of fused-ring (bicyclic) bond motifs is 1. The van der Waals surface area contributed by atoms with Gasteiger partial charge in [0, 0.05) is 29.7 Å². The molecule has 0 bridgehead atoms. The maximum Gasteiger partial charge on any atom is 0.255 e. The molecule has 5 nitrogen and oxygen atoms in total. The molecule has 1 amide bonds. The molecule has 0 spiro atoms. The zero-order chi connectivity index (χ0) is 19.8. The Morgan fingerprint density at radius 1 is 1.32 bits per heavy atom. The van der Waals surface area contributed by atoms with Gasteiger partial charge in [0.1, 0.15) is 11.6 Å². The molecule has 1 aliphatic heterocycles. The maximum atomic E-state index is 14.4. The number of benzene rings is 2. The SMILES string of the molecule is Cc1cccc(F)c1-c1ccc2c(C(=O)N[C@H]3CCN(C)C3)c(N)ncc2c1. The van der Waals surface area contributed by atoms with E-state index in [1.54, 1.807) is 12.3 Å². The predicted molar refractivity (Wildman–Crippen MR) is 110 cm³/mol. The number of hydrogen-bond donors (Lipinski definition) is 2. The van der Waals surface area contributed by atoms with E-state index in [1.807, 2.05) is 38.2 Å². The topological polar surface area (TPSA) is 71.2 Å². The van der Waals surface area contributed by atoms with Gasteiger partial charge < -0.3 is 16.0 Å². The minimum Gasteiger partial charge on any atom is -0.383 e. The Kier molecular flexibility index (Phi) is 4.73. The van der Waals surface area contributed by atoms with Crippen molar-refractivity contribution in [3.05, 3.63) is 59.5 Å². The molecule has 4 rings (SSSR count). The number of rotatable bonds is 3. The summed E-state index contributed by atoms with van der Waals surface area (Å²) in [5.74, 6) is -0.289. The molecule has 0 radical (unpaired) electrons. The highest BCUT2D eigenvalue weighted by molar-refractivity contribution is 6.11. The van der Waals surface area contributed by atoms with Crippen molar-refractivity contribution in [2.75, 3.05) is 25.9 Å². The summed E-state index contributed by atoms with van der Waals surface area (Å²) in [5.41, 5.74) is 8.58. The van der Waals surface area contributed by atoms with Crippen LogP contribution in [-0.2, 0) is 0 Å². The lowest BCUT2D eigenvalue weighted by molar-refractivity contribution is 0.0940. The number of nitrogen functional groups attached to an aromatic ring is 1. The van der Waals surface area contributed by atoms with Gasteiger partial charge in [-0.15, -0.1) is 0 Å². The standard InChI is InChI=1S/C22H23FN4O/c1-13-4-3-5-18(23)19(13)14-6-7-17-15(10-14)11-25-21(24)20(17)22(28)26-16-8-9-27(2)12-16/h3-7,10-11,16H,8-9,12H2,1-2H3,(H2,24,25)(H,26,28)/t16-/m0/s1. The third-order valence-corrected chi connectivity index (χ3v) is 5.38. The summed E-state index contributed by atoms with van der Waals surface area (Å²) in [7, 11) is 2.03. The van der Waals surface area contributed by atoms with E-state index in [2.05, 4.69) is 15.2 Å². The van der Waals surface area contributed by atoms with Crippen LogP contribution < -0.4 is 11.1 Å². The third-order valence-electron chi connectivity index (χ3n) is 5.38. The summed E-state index contributed by atoms with van der Waals surface area (Å²) in [6.07, 6.45) is 2.54. The maximum absolute atomic E-state index is 14.4. The lowest BCUT2D eigenvalue weighted by Gasteiger charge is -2.15. The van der Waals surface area contributed by atoms with Crippen LogP contribution in [0.5, 0.6) is 0 Å². The van der Waals surface area contributed by atoms with Crippen LogP contribution in [0.25, 0.3) is 21.9 Å². The summed E-state index contributed by atoms with van der Waals surface area (Å²) < 4.78 is 14.4. The van der Waals surface area contributed by atoms with Crippen molar-refractivity contribution in [1.82, 2.24) is 15.2 Å². The number of carbonyl (C=O) groups excluding carboxylic acids is 1. The fourth-order valence-corrected chi connectivity index (χ4v) is 3.94. The van der Waals surface area contributed by atoms with Crippen LogP contribution in [0, 0.1) is 12.7 Å². The van der Waals surface area contributed by atoms with Crippen molar-refractivity contribution in [1.29, 1.82) is 0 Å². The van der Waals surface area contributed by atoms with Crippen molar-refractivity contribution >= 4 is 22.5 Å². The van der Waals surface area contributed by atoms with E-state index in [0.29, 0.717) is 16.5 Å². The molecule has 1 fully saturated rings. The molecule has 1 aromatic heterocycles. The van der Waals surface area contributed by atoms with Crippen LogP contribution in [0.3, 0.4) is 0 Å². The molecule has 3 N–H and O–H groups in total. The number of carbonyl (C=O) groups is 1. The molecule has 1 atom stereocenters. The second-order valence-corrected chi connectivity index (χ2v) is 7.47. The van der Waals surface area contributed by atoms with Crippen LogP contribution in [0.15, 0.2) is 42.6 Å². The van der Waals surface area contributed by atoms with Gasteiger partial charge in [0.2, 0.25) is 0 Å². The van der Waals surface area contributed by atoms with Crippen LogP contribution in [0.2, 0.25) is 0 Å². The molecule has 2 aromatic carbocycles. The number of likely N-dealkylation sites (tertiary alicyclic amines) is 1. The zero-order valence-electron chi connectivity index (χ0n) is 16.0. The second-order valence-electron chi connectivity index (χ2n) is 7.47. The summed E-state index contributed by atoms with van der Waals surface area (Å²) in [4.78, 5) is 19.3. The molecule has 6 heteroatoms. The number of nitrogens with one attached hydrogen (secondary N) is 1. The lowest BCUT2D eigenvalue weighted by atomic mass is 9.96. The first-order valence-corrected chi connectivity index (χ1v) is 9.37. The van der Waals surface area contributed by atoms with Crippen LogP contribution >= 0.6 is 0 Å². The Morgan fingerprint density at radius 2 is 2.14 bits per heavy atom. The van der Waals surface area contributed by atoms with Gasteiger partial charge >= 0.3 is 0 Å². The number of anilines is 1.